The molecule has 1 saturated heterocycles. The van der Waals surface area contributed by atoms with Gasteiger partial charge in [-0.2, -0.15) is 0 Å². The lowest BCUT2D eigenvalue weighted by molar-refractivity contribution is -0.117. The lowest BCUT2D eigenvalue weighted by atomic mass is 10.2. The van der Waals surface area contributed by atoms with E-state index in [2.05, 4.69) is 23.2 Å². The summed E-state index contributed by atoms with van der Waals surface area (Å²) in [6.07, 6.45) is 0.973. The number of carbonyl (C=O) groups is 1. The predicted molar refractivity (Wildman–Crippen MR) is 122 cm³/mol. The van der Waals surface area contributed by atoms with Crippen LogP contribution in [-0.2, 0) is 9.53 Å². The zero-order valence-electron chi connectivity index (χ0n) is 16.6. The molecule has 154 valence electrons. The van der Waals surface area contributed by atoms with E-state index in [-0.39, 0.29) is 12.5 Å². The number of ether oxygens (including phenoxy) is 1. The van der Waals surface area contributed by atoms with Crippen molar-refractivity contribution in [3.05, 3.63) is 47.5 Å². The molecule has 0 aliphatic carbocycles. The molecule has 1 amide bonds. The number of halogens is 1. The van der Waals surface area contributed by atoms with Gasteiger partial charge in [0.2, 0.25) is 5.91 Å². The molecule has 2 heterocycles. The Morgan fingerprint density at radius 2 is 1.97 bits per heavy atom. The first-order valence-corrected chi connectivity index (χ1v) is 11.3. The molecule has 4 rings (SSSR count). The van der Waals surface area contributed by atoms with E-state index in [1.54, 1.807) is 0 Å². The number of nitrogens with zero attached hydrogens (tertiary/aromatic N) is 2. The van der Waals surface area contributed by atoms with E-state index >= 15 is 0 Å². The van der Waals surface area contributed by atoms with E-state index in [0.29, 0.717) is 23.5 Å². The Hall–Kier alpha value is -1.89. The number of hydrogen-bond donors (Lipinski definition) is 1. The van der Waals surface area contributed by atoms with Crippen molar-refractivity contribution in [3.63, 3.8) is 0 Å². The number of nitrogens with one attached hydrogen (secondary N) is 1. The fraction of sp³-hybridized carbons (Fsp3) is 0.409. The largest absolute Gasteiger partial charge is 0.378 e. The SMILES string of the molecule is CC1CCN(C(=O)CNc2cc(Cl)ccc2N2CCOCC2)c2ccccc2S1. The Morgan fingerprint density at radius 3 is 2.79 bits per heavy atom. The van der Waals surface area contributed by atoms with Gasteiger partial charge in [-0.1, -0.05) is 30.7 Å². The average molecular weight is 432 g/mol. The van der Waals surface area contributed by atoms with Crippen molar-refractivity contribution in [2.75, 3.05) is 54.5 Å². The van der Waals surface area contributed by atoms with Crippen LogP contribution in [0.25, 0.3) is 0 Å². The zero-order chi connectivity index (χ0) is 20.2. The molecule has 0 saturated carbocycles. The van der Waals surface area contributed by atoms with Crippen LogP contribution in [0.2, 0.25) is 5.02 Å². The van der Waals surface area contributed by atoms with Gasteiger partial charge in [-0.3, -0.25) is 4.79 Å². The van der Waals surface area contributed by atoms with Gasteiger partial charge in [0, 0.05) is 34.8 Å². The Kier molecular flexibility index (Phi) is 6.53. The van der Waals surface area contributed by atoms with Crippen molar-refractivity contribution in [1.29, 1.82) is 0 Å². The van der Waals surface area contributed by atoms with Gasteiger partial charge in [0.25, 0.3) is 0 Å². The number of thioether (sulfide) groups is 1. The molecule has 7 heteroatoms. The second-order valence-electron chi connectivity index (χ2n) is 7.34. The number of para-hydroxylation sites is 1. The molecule has 1 N–H and O–H groups in total. The van der Waals surface area contributed by atoms with Crippen molar-refractivity contribution < 1.29 is 9.53 Å². The second-order valence-corrected chi connectivity index (χ2v) is 9.26. The van der Waals surface area contributed by atoms with Crippen molar-refractivity contribution in [2.45, 2.75) is 23.5 Å². The monoisotopic (exact) mass is 431 g/mol. The minimum atomic E-state index is 0.0695. The van der Waals surface area contributed by atoms with Crippen LogP contribution in [0, 0.1) is 0 Å². The van der Waals surface area contributed by atoms with Crippen LogP contribution < -0.4 is 15.1 Å². The highest BCUT2D eigenvalue weighted by Crippen LogP contribution is 2.37. The van der Waals surface area contributed by atoms with Gasteiger partial charge in [-0.15, -0.1) is 11.8 Å². The maximum absolute atomic E-state index is 13.2. The van der Waals surface area contributed by atoms with Gasteiger partial charge in [-0.25, -0.2) is 0 Å². The summed E-state index contributed by atoms with van der Waals surface area (Å²) >= 11 is 8.08. The Bertz CT molecular complexity index is 873. The molecule has 2 aliphatic rings. The summed E-state index contributed by atoms with van der Waals surface area (Å²) in [5.74, 6) is 0.0695. The van der Waals surface area contributed by atoms with E-state index < -0.39 is 0 Å². The summed E-state index contributed by atoms with van der Waals surface area (Å²) in [6, 6.07) is 14.0. The predicted octanol–water partition coefficient (Wildman–Crippen LogP) is 4.51. The van der Waals surface area contributed by atoms with Crippen LogP contribution in [0.3, 0.4) is 0 Å². The van der Waals surface area contributed by atoms with Crippen LogP contribution in [0.1, 0.15) is 13.3 Å². The topological polar surface area (TPSA) is 44.8 Å². The van der Waals surface area contributed by atoms with E-state index in [1.807, 2.05) is 53.1 Å². The third-order valence-electron chi connectivity index (χ3n) is 5.28. The normalized spacial score (nSPS) is 19.4. The van der Waals surface area contributed by atoms with Gasteiger partial charge in [0.15, 0.2) is 0 Å². The van der Waals surface area contributed by atoms with Crippen LogP contribution in [0.15, 0.2) is 47.4 Å². The first-order valence-electron chi connectivity index (χ1n) is 10.0. The molecular weight excluding hydrogens is 406 g/mol. The minimum Gasteiger partial charge on any atom is -0.378 e. The van der Waals surface area contributed by atoms with Crippen molar-refractivity contribution in [2.24, 2.45) is 0 Å². The van der Waals surface area contributed by atoms with E-state index in [9.17, 15) is 4.79 Å². The maximum Gasteiger partial charge on any atom is 0.246 e. The second kappa shape index (κ2) is 9.28. The highest BCUT2D eigenvalue weighted by Gasteiger charge is 2.24. The molecule has 0 aromatic heterocycles. The molecular formula is C22H26ClN3O2S. The third-order valence-corrected chi connectivity index (χ3v) is 6.76. The number of morpholine rings is 1. The van der Waals surface area contributed by atoms with Gasteiger partial charge in [-0.05, 0) is 36.8 Å². The van der Waals surface area contributed by atoms with Crippen molar-refractivity contribution in [3.8, 4) is 0 Å². The van der Waals surface area contributed by atoms with E-state index in [1.165, 1.54) is 4.90 Å². The standard InChI is InChI=1S/C22H26ClN3O2S/c1-16-8-9-26(20-4-2-3-5-21(20)29-16)22(27)15-24-18-14-17(23)6-7-19(18)25-10-12-28-13-11-25/h2-7,14,16,24H,8-13,15H2,1H3. The third kappa shape index (κ3) is 4.82. The molecule has 1 atom stereocenters. The molecule has 2 aliphatic heterocycles. The summed E-state index contributed by atoms with van der Waals surface area (Å²) in [6.45, 7) is 6.26. The van der Waals surface area contributed by atoms with Gasteiger partial charge >= 0.3 is 0 Å². The van der Waals surface area contributed by atoms with Crippen molar-refractivity contribution >= 4 is 46.3 Å². The highest BCUT2D eigenvalue weighted by molar-refractivity contribution is 8.00. The number of amides is 1. The molecule has 2 aromatic carbocycles. The molecule has 0 spiro atoms. The summed E-state index contributed by atoms with van der Waals surface area (Å²) in [5.41, 5.74) is 2.96. The molecule has 0 radical (unpaired) electrons. The number of carbonyl (C=O) groups excluding carboxylic acids is 1. The lowest BCUT2D eigenvalue weighted by Gasteiger charge is -2.31. The number of benzene rings is 2. The van der Waals surface area contributed by atoms with Gasteiger partial charge < -0.3 is 19.9 Å². The fourth-order valence-electron chi connectivity index (χ4n) is 3.74. The molecule has 0 bridgehead atoms. The van der Waals surface area contributed by atoms with E-state index in [4.69, 9.17) is 16.3 Å². The smallest absolute Gasteiger partial charge is 0.246 e. The van der Waals surface area contributed by atoms with Gasteiger partial charge in [0.05, 0.1) is 36.8 Å². The first-order chi connectivity index (χ1) is 14.1. The van der Waals surface area contributed by atoms with Crippen LogP contribution in [0.5, 0.6) is 0 Å². The zero-order valence-corrected chi connectivity index (χ0v) is 18.1. The molecule has 5 nitrogen and oxygen atoms in total. The Morgan fingerprint density at radius 1 is 1.17 bits per heavy atom. The quantitative estimate of drug-likeness (QED) is 0.771. The fourth-order valence-corrected chi connectivity index (χ4v) is 5.03. The molecule has 1 unspecified atom stereocenters. The molecule has 1 fully saturated rings. The number of anilines is 3. The summed E-state index contributed by atoms with van der Waals surface area (Å²) < 4.78 is 5.47. The van der Waals surface area contributed by atoms with Crippen LogP contribution in [-0.4, -0.2) is 50.5 Å². The number of rotatable bonds is 4. The Labute approximate surface area is 181 Å². The van der Waals surface area contributed by atoms with Crippen molar-refractivity contribution in [1.82, 2.24) is 0 Å². The minimum absolute atomic E-state index is 0.0695. The van der Waals surface area contributed by atoms with Gasteiger partial charge in [0.1, 0.15) is 0 Å². The lowest BCUT2D eigenvalue weighted by Crippen LogP contribution is -2.38. The number of hydrogen-bond acceptors (Lipinski definition) is 5. The summed E-state index contributed by atoms with van der Waals surface area (Å²) in [4.78, 5) is 18.5. The first kappa shape index (κ1) is 20.4. The average Bonchev–Trinajstić information content (AvgIpc) is 2.91. The summed E-state index contributed by atoms with van der Waals surface area (Å²) in [7, 11) is 0. The molecule has 29 heavy (non-hydrogen) atoms. The number of fused-ring (bicyclic) bond motifs is 1. The maximum atomic E-state index is 13.2. The van der Waals surface area contributed by atoms with Crippen LogP contribution in [0.4, 0.5) is 17.1 Å². The Balaban J connectivity index is 1.51. The molecule has 2 aromatic rings. The summed E-state index contributed by atoms with van der Waals surface area (Å²) in [5, 5.41) is 4.49. The van der Waals surface area contributed by atoms with Crippen LogP contribution >= 0.6 is 23.4 Å². The van der Waals surface area contributed by atoms with E-state index in [0.717, 1.165) is 43.1 Å². The highest BCUT2D eigenvalue weighted by atomic mass is 35.5.